The number of aryl methyl sites for hydroxylation is 1. The van der Waals surface area contributed by atoms with Gasteiger partial charge in [-0.3, -0.25) is 0 Å². The summed E-state index contributed by atoms with van der Waals surface area (Å²) >= 11 is 0. The van der Waals surface area contributed by atoms with Crippen LogP contribution in [-0.2, 0) is 12.7 Å². The molecule has 4 rings (SSSR count). The molecule has 1 saturated heterocycles. The molecule has 34 heavy (non-hydrogen) atoms. The van der Waals surface area contributed by atoms with Gasteiger partial charge in [0.25, 0.3) is 0 Å². The molecule has 6 nitrogen and oxygen atoms in total. The van der Waals surface area contributed by atoms with Crippen LogP contribution >= 0.6 is 0 Å². The number of hydrogen-bond donors (Lipinski definition) is 1. The number of anilines is 2. The maximum absolute atomic E-state index is 14.1. The Labute approximate surface area is 197 Å². The molecule has 1 aliphatic heterocycles. The van der Waals surface area contributed by atoms with E-state index in [-0.39, 0.29) is 11.2 Å². The molecule has 2 heterocycles. The van der Waals surface area contributed by atoms with Gasteiger partial charge in [-0.2, -0.15) is 23.5 Å². The Morgan fingerprint density at radius 3 is 2.47 bits per heavy atom. The predicted molar refractivity (Wildman–Crippen MR) is 127 cm³/mol. The third-order valence-corrected chi connectivity index (χ3v) is 6.88. The zero-order valence-electron chi connectivity index (χ0n) is 19.9. The van der Waals surface area contributed by atoms with Crippen molar-refractivity contribution < 1.29 is 13.2 Å². The first-order valence-corrected chi connectivity index (χ1v) is 11.0. The SMILES string of the molecule is Cc1c(C#N)cccc1CNc1nnc(C)c2cc(C(F)(F)F)c(N3CC(C)(N(C)C)C3)cc12. The number of benzene rings is 2. The van der Waals surface area contributed by atoms with Crippen molar-refractivity contribution in [3.8, 4) is 6.07 Å². The normalized spacial score (nSPS) is 15.4. The second-order valence-corrected chi connectivity index (χ2v) is 9.35. The summed E-state index contributed by atoms with van der Waals surface area (Å²) < 4.78 is 42.2. The van der Waals surface area contributed by atoms with Crippen molar-refractivity contribution in [1.82, 2.24) is 15.1 Å². The molecule has 0 amide bonds. The summed E-state index contributed by atoms with van der Waals surface area (Å²) in [4.78, 5) is 3.81. The average Bonchev–Trinajstić information content (AvgIpc) is 2.76. The fraction of sp³-hybridized carbons (Fsp3) is 0.400. The zero-order valence-corrected chi connectivity index (χ0v) is 19.9. The van der Waals surface area contributed by atoms with Crippen molar-refractivity contribution in [1.29, 1.82) is 5.26 Å². The Morgan fingerprint density at radius 1 is 1.15 bits per heavy atom. The van der Waals surface area contributed by atoms with Gasteiger partial charge in [0.2, 0.25) is 0 Å². The monoisotopic (exact) mass is 468 g/mol. The number of fused-ring (bicyclic) bond motifs is 1. The Morgan fingerprint density at radius 2 is 1.85 bits per heavy atom. The first-order chi connectivity index (χ1) is 15.9. The second kappa shape index (κ2) is 8.44. The van der Waals surface area contributed by atoms with Gasteiger partial charge in [-0.25, -0.2) is 0 Å². The molecule has 178 valence electrons. The van der Waals surface area contributed by atoms with Gasteiger partial charge in [-0.05, 0) is 64.2 Å². The molecule has 2 aromatic carbocycles. The van der Waals surface area contributed by atoms with E-state index < -0.39 is 11.7 Å². The van der Waals surface area contributed by atoms with Crippen molar-refractivity contribution in [2.24, 2.45) is 0 Å². The van der Waals surface area contributed by atoms with E-state index in [1.165, 1.54) is 6.07 Å². The summed E-state index contributed by atoms with van der Waals surface area (Å²) in [7, 11) is 3.87. The van der Waals surface area contributed by atoms with Gasteiger partial charge in [-0.15, -0.1) is 5.10 Å². The van der Waals surface area contributed by atoms with Crippen LogP contribution in [-0.4, -0.2) is 47.8 Å². The summed E-state index contributed by atoms with van der Waals surface area (Å²) in [6.45, 7) is 6.93. The van der Waals surface area contributed by atoms with Gasteiger partial charge in [0, 0.05) is 36.1 Å². The molecule has 0 radical (unpaired) electrons. The lowest BCUT2D eigenvalue weighted by molar-refractivity contribution is -0.137. The molecule has 1 aromatic heterocycles. The molecule has 0 spiro atoms. The van der Waals surface area contributed by atoms with Gasteiger partial charge in [0.05, 0.1) is 28.4 Å². The molecular weight excluding hydrogens is 441 g/mol. The van der Waals surface area contributed by atoms with Crippen LogP contribution in [0.15, 0.2) is 30.3 Å². The summed E-state index contributed by atoms with van der Waals surface area (Å²) in [5, 5.41) is 21.9. The van der Waals surface area contributed by atoms with Crippen LogP contribution in [0.5, 0.6) is 0 Å². The minimum Gasteiger partial charge on any atom is -0.367 e. The number of likely N-dealkylation sites (N-methyl/N-ethyl adjacent to an activating group) is 1. The highest BCUT2D eigenvalue weighted by atomic mass is 19.4. The van der Waals surface area contributed by atoms with Crippen LogP contribution in [0.3, 0.4) is 0 Å². The van der Waals surface area contributed by atoms with Gasteiger partial charge in [0.15, 0.2) is 5.82 Å². The number of alkyl halides is 3. The third-order valence-electron chi connectivity index (χ3n) is 6.88. The fourth-order valence-corrected chi connectivity index (χ4v) is 4.34. The molecule has 1 fully saturated rings. The number of aromatic nitrogens is 2. The van der Waals surface area contributed by atoms with Crippen LogP contribution in [0, 0.1) is 25.2 Å². The van der Waals surface area contributed by atoms with Crippen molar-refractivity contribution in [3.05, 3.63) is 58.3 Å². The second-order valence-electron chi connectivity index (χ2n) is 9.35. The van der Waals surface area contributed by atoms with Gasteiger partial charge < -0.3 is 15.1 Å². The van der Waals surface area contributed by atoms with Crippen LogP contribution < -0.4 is 10.2 Å². The van der Waals surface area contributed by atoms with E-state index in [0.29, 0.717) is 47.5 Å². The first kappa shape index (κ1) is 23.8. The summed E-state index contributed by atoms with van der Waals surface area (Å²) in [5.41, 5.74) is 2.07. The standard InChI is InChI=1S/C25H27F3N6/c1-15-17(11-29)7-6-8-18(15)12-30-23-20-10-22(34-13-24(3,14-34)33(4)5)21(25(26,27)28)9-19(20)16(2)31-32-23/h6-10H,12-14H2,1-5H3,(H,30,32). The number of nitrogens with one attached hydrogen (secondary N) is 1. The highest BCUT2D eigenvalue weighted by Gasteiger charge is 2.44. The molecule has 0 aliphatic carbocycles. The predicted octanol–water partition coefficient (Wildman–Crippen LogP) is 4.89. The lowest BCUT2D eigenvalue weighted by Crippen LogP contribution is -2.67. The van der Waals surface area contributed by atoms with Crippen LogP contribution in [0.4, 0.5) is 24.7 Å². The van der Waals surface area contributed by atoms with Crippen molar-refractivity contribution >= 4 is 22.3 Å². The summed E-state index contributed by atoms with van der Waals surface area (Å²) in [6, 6.07) is 10.4. The van der Waals surface area contributed by atoms with Crippen LogP contribution in [0.1, 0.15) is 34.9 Å². The maximum Gasteiger partial charge on any atom is 0.418 e. The van der Waals surface area contributed by atoms with Gasteiger partial charge in [-0.1, -0.05) is 12.1 Å². The highest BCUT2D eigenvalue weighted by Crippen LogP contribution is 2.43. The minimum absolute atomic E-state index is 0.150. The number of rotatable bonds is 5. The molecule has 1 N–H and O–H groups in total. The third kappa shape index (κ3) is 4.14. The minimum atomic E-state index is -4.49. The lowest BCUT2D eigenvalue weighted by Gasteiger charge is -2.53. The fourth-order valence-electron chi connectivity index (χ4n) is 4.34. The molecule has 0 saturated carbocycles. The molecular formula is C25H27F3N6. The quantitative estimate of drug-likeness (QED) is 0.575. The average molecular weight is 469 g/mol. The van der Waals surface area contributed by atoms with Crippen LogP contribution in [0.2, 0.25) is 0 Å². The van der Waals surface area contributed by atoms with E-state index in [2.05, 4.69) is 21.6 Å². The number of nitriles is 1. The van der Waals surface area contributed by atoms with Gasteiger partial charge >= 0.3 is 6.18 Å². The van der Waals surface area contributed by atoms with Gasteiger partial charge in [0.1, 0.15) is 0 Å². The lowest BCUT2D eigenvalue weighted by atomic mass is 9.89. The largest absolute Gasteiger partial charge is 0.418 e. The van der Waals surface area contributed by atoms with E-state index in [4.69, 9.17) is 0 Å². The molecule has 1 aliphatic rings. The number of nitrogens with zero attached hydrogens (tertiary/aromatic N) is 5. The molecule has 0 atom stereocenters. The van der Waals surface area contributed by atoms with E-state index >= 15 is 0 Å². The first-order valence-electron chi connectivity index (χ1n) is 11.0. The van der Waals surface area contributed by atoms with Crippen molar-refractivity contribution in [3.63, 3.8) is 0 Å². The summed E-state index contributed by atoms with van der Waals surface area (Å²) in [5.74, 6) is 0.410. The van der Waals surface area contributed by atoms with E-state index in [9.17, 15) is 18.4 Å². The Hall–Kier alpha value is -3.38. The summed E-state index contributed by atoms with van der Waals surface area (Å²) in [6.07, 6.45) is -4.49. The Balaban J connectivity index is 1.76. The number of halogens is 3. The van der Waals surface area contributed by atoms with Crippen molar-refractivity contribution in [2.75, 3.05) is 37.4 Å². The molecule has 0 unspecified atom stereocenters. The number of hydrogen-bond acceptors (Lipinski definition) is 6. The zero-order chi connectivity index (χ0) is 24.8. The van der Waals surface area contributed by atoms with E-state index in [1.54, 1.807) is 30.0 Å². The molecule has 3 aromatic rings. The Kier molecular flexibility index (Phi) is 5.90. The van der Waals surface area contributed by atoms with Crippen molar-refractivity contribution in [2.45, 2.75) is 39.0 Å². The Bertz CT molecular complexity index is 1290. The van der Waals surface area contributed by atoms with E-state index in [0.717, 1.165) is 11.1 Å². The van der Waals surface area contributed by atoms with E-state index in [1.807, 2.05) is 38.9 Å². The highest BCUT2D eigenvalue weighted by molar-refractivity contribution is 5.96. The van der Waals surface area contributed by atoms with Crippen LogP contribution in [0.25, 0.3) is 10.8 Å². The molecule has 9 heteroatoms. The molecule has 0 bridgehead atoms. The topological polar surface area (TPSA) is 68.1 Å². The smallest absolute Gasteiger partial charge is 0.367 e. The maximum atomic E-state index is 14.1.